The zero-order chi connectivity index (χ0) is 13.4. The van der Waals surface area contributed by atoms with E-state index in [2.05, 4.69) is 43.1 Å². The number of nitrogens with one attached hydrogen (secondary N) is 1. The fourth-order valence-electron chi connectivity index (χ4n) is 3.70. The topological polar surface area (TPSA) is 15.3 Å². The molecule has 0 aliphatic carbocycles. The van der Waals surface area contributed by atoms with Gasteiger partial charge in [0.05, 0.1) is 0 Å². The molecule has 0 bridgehead atoms. The molecule has 2 fully saturated rings. The third kappa shape index (κ3) is 2.70. The minimum absolute atomic E-state index is 0.803. The Morgan fingerprint density at radius 1 is 1.11 bits per heavy atom. The Kier molecular flexibility index (Phi) is 3.64. The van der Waals surface area contributed by atoms with Crippen molar-refractivity contribution in [2.75, 3.05) is 19.6 Å². The Bertz CT molecular complexity index is 467. The zero-order valence-electron chi connectivity index (χ0n) is 12.5. The first-order chi connectivity index (χ1) is 9.13. The highest BCUT2D eigenvalue weighted by Crippen LogP contribution is 2.26. The lowest BCUT2D eigenvalue weighted by atomic mass is 9.92. The van der Waals surface area contributed by atoms with Crippen molar-refractivity contribution < 1.29 is 0 Å². The van der Waals surface area contributed by atoms with Crippen LogP contribution in [0.1, 0.15) is 35.1 Å². The molecule has 2 aliphatic heterocycles. The van der Waals surface area contributed by atoms with Gasteiger partial charge in [0.25, 0.3) is 0 Å². The van der Waals surface area contributed by atoms with E-state index in [0.29, 0.717) is 0 Å². The SMILES string of the molecule is Cc1cc(C)c(CN2CCC3NCCC3C2)cc1C. The average molecular weight is 258 g/mol. The smallest absolute Gasteiger partial charge is 0.0236 e. The molecule has 19 heavy (non-hydrogen) atoms. The number of benzene rings is 1. The maximum atomic E-state index is 3.64. The molecule has 2 aliphatic rings. The number of fused-ring (bicyclic) bond motifs is 1. The van der Waals surface area contributed by atoms with Gasteiger partial charge in [-0.3, -0.25) is 4.90 Å². The van der Waals surface area contributed by atoms with E-state index in [1.165, 1.54) is 54.7 Å². The fourth-order valence-corrected chi connectivity index (χ4v) is 3.70. The third-order valence-corrected chi connectivity index (χ3v) is 5.09. The van der Waals surface area contributed by atoms with E-state index < -0.39 is 0 Å². The van der Waals surface area contributed by atoms with Crippen LogP contribution >= 0.6 is 0 Å². The van der Waals surface area contributed by atoms with Gasteiger partial charge in [0.2, 0.25) is 0 Å². The number of nitrogens with zero attached hydrogens (tertiary/aromatic N) is 1. The van der Waals surface area contributed by atoms with Crippen LogP contribution in [0.4, 0.5) is 0 Å². The van der Waals surface area contributed by atoms with Gasteiger partial charge in [-0.05, 0) is 74.9 Å². The molecule has 2 unspecified atom stereocenters. The molecule has 0 spiro atoms. The van der Waals surface area contributed by atoms with E-state index in [9.17, 15) is 0 Å². The summed E-state index contributed by atoms with van der Waals surface area (Å²) in [4.78, 5) is 2.66. The molecule has 0 amide bonds. The quantitative estimate of drug-likeness (QED) is 0.877. The van der Waals surface area contributed by atoms with Crippen LogP contribution in [-0.2, 0) is 6.54 Å². The predicted molar refractivity (Wildman–Crippen MR) is 80.4 cm³/mol. The first kappa shape index (κ1) is 13.1. The van der Waals surface area contributed by atoms with Crippen LogP contribution in [0, 0.1) is 26.7 Å². The second kappa shape index (κ2) is 5.26. The molecule has 104 valence electrons. The number of hydrogen-bond donors (Lipinski definition) is 1. The maximum Gasteiger partial charge on any atom is 0.0236 e. The molecular formula is C17H26N2. The average Bonchev–Trinajstić information content (AvgIpc) is 2.83. The summed E-state index contributed by atoms with van der Waals surface area (Å²) in [5, 5.41) is 3.64. The Morgan fingerprint density at radius 2 is 1.89 bits per heavy atom. The zero-order valence-corrected chi connectivity index (χ0v) is 12.5. The Labute approximate surface area is 117 Å². The Balaban J connectivity index is 1.70. The summed E-state index contributed by atoms with van der Waals surface area (Å²) >= 11 is 0. The van der Waals surface area contributed by atoms with Gasteiger partial charge in [-0.15, -0.1) is 0 Å². The third-order valence-electron chi connectivity index (χ3n) is 5.09. The van der Waals surface area contributed by atoms with Crippen LogP contribution in [-0.4, -0.2) is 30.6 Å². The fraction of sp³-hybridized carbons (Fsp3) is 0.647. The lowest BCUT2D eigenvalue weighted by Gasteiger charge is -2.35. The summed E-state index contributed by atoms with van der Waals surface area (Å²) in [7, 11) is 0. The van der Waals surface area contributed by atoms with Crippen LogP contribution < -0.4 is 5.32 Å². The molecule has 1 N–H and O–H groups in total. The molecule has 0 saturated carbocycles. The maximum absolute atomic E-state index is 3.64. The number of piperidine rings is 1. The summed E-state index contributed by atoms with van der Waals surface area (Å²) in [6, 6.07) is 5.54. The standard InChI is InChI=1S/C17H26N2/c1-12-8-14(3)16(9-13(12)2)11-19-7-5-17-15(10-19)4-6-18-17/h8-9,15,17-18H,4-7,10-11H2,1-3H3. The molecule has 0 aromatic heterocycles. The van der Waals surface area contributed by atoms with Crippen LogP contribution in [0.2, 0.25) is 0 Å². The first-order valence-corrected chi connectivity index (χ1v) is 7.66. The van der Waals surface area contributed by atoms with Gasteiger partial charge in [0.1, 0.15) is 0 Å². The lowest BCUT2D eigenvalue weighted by Crippen LogP contribution is -2.44. The first-order valence-electron chi connectivity index (χ1n) is 7.66. The van der Waals surface area contributed by atoms with Gasteiger partial charge in [-0.2, -0.15) is 0 Å². The number of rotatable bonds is 2. The largest absolute Gasteiger partial charge is 0.314 e. The van der Waals surface area contributed by atoms with Crippen molar-refractivity contribution >= 4 is 0 Å². The van der Waals surface area contributed by atoms with Gasteiger partial charge < -0.3 is 5.32 Å². The normalized spacial score (nSPS) is 27.5. The Morgan fingerprint density at radius 3 is 2.74 bits per heavy atom. The summed E-state index contributed by atoms with van der Waals surface area (Å²) in [6.45, 7) is 11.6. The molecule has 2 atom stereocenters. The number of hydrogen-bond acceptors (Lipinski definition) is 2. The molecule has 2 saturated heterocycles. The molecule has 0 radical (unpaired) electrons. The highest BCUT2D eigenvalue weighted by molar-refractivity contribution is 5.36. The van der Waals surface area contributed by atoms with E-state index in [-0.39, 0.29) is 0 Å². The molecule has 1 aromatic rings. The molecule has 2 heterocycles. The van der Waals surface area contributed by atoms with Crippen LogP contribution in [0.5, 0.6) is 0 Å². The van der Waals surface area contributed by atoms with Crippen molar-refractivity contribution in [3.8, 4) is 0 Å². The van der Waals surface area contributed by atoms with Crippen LogP contribution in [0.25, 0.3) is 0 Å². The monoisotopic (exact) mass is 258 g/mol. The van der Waals surface area contributed by atoms with Gasteiger partial charge >= 0.3 is 0 Å². The second-order valence-corrected chi connectivity index (χ2v) is 6.50. The van der Waals surface area contributed by atoms with Crippen LogP contribution in [0.3, 0.4) is 0 Å². The minimum atomic E-state index is 0.803. The van der Waals surface area contributed by atoms with Crippen molar-refractivity contribution in [3.63, 3.8) is 0 Å². The minimum Gasteiger partial charge on any atom is -0.314 e. The Hall–Kier alpha value is -0.860. The van der Waals surface area contributed by atoms with E-state index in [1.807, 2.05) is 0 Å². The second-order valence-electron chi connectivity index (χ2n) is 6.50. The molecule has 2 heteroatoms. The summed E-state index contributed by atoms with van der Waals surface area (Å²) < 4.78 is 0. The molecular weight excluding hydrogens is 232 g/mol. The molecule has 2 nitrogen and oxygen atoms in total. The van der Waals surface area contributed by atoms with Crippen molar-refractivity contribution in [2.45, 2.75) is 46.2 Å². The van der Waals surface area contributed by atoms with Gasteiger partial charge in [0.15, 0.2) is 0 Å². The van der Waals surface area contributed by atoms with Gasteiger partial charge in [-0.1, -0.05) is 12.1 Å². The van der Waals surface area contributed by atoms with Gasteiger partial charge in [0, 0.05) is 19.1 Å². The van der Waals surface area contributed by atoms with Gasteiger partial charge in [-0.25, -0.2) is 0 Å². The summed E-state index contributed by atoms with van der Waals surface area (Å²) in [5.74, 6) is 0.889. The van der Waals surface area contributed by atoms with Crippen molar-refractivity contribution in [1.29, 1.82) is 0 Å². The molecule has 3 rings (SSSR count). The van der Waals surface area contributed by atoms with E-state index in [4.69, 9.17) is 0 Å². The van der Waals surface area contributed by atoms with E-state index >= 15 is 0 Å². The highest BCUT2D eigenvalue weighted by Gasteiger charge is 2.32. The van der Waals surface area contributed by atoms with Crippen molar-refractivity contribution in [2.24, 2.45) is 5.92 Å². The van der Waals surface area contributed by atoms with Crippen LogP contribution in [0.15, 0.2) is 12.1 Å². The van der Waals surface area contributed by atoms with Crippen molar-refractivity contribution in [3.05, 3.63) is 34.4 Å². The number of likely N-dealkylation sites (tertiary alicyclic amines) is 1. The number of aryl methyl sites for hydroxylation is 3. The lowest BCUT2D eigenvalue weighted by molar-refractivity contribution is 0.155. The summed E-state index contributed by atoms with van der Waals surface area (Å²) in [5.41, 5.74) is 5.82. The highest BCUT2D eigenvalue weighted by atomic mass is 15.2. The molecule has 1 aromatic carbocycles. The van der Waals surface area contributed by atoms with E-state index in [0.717, 1.165) is 18.5 Å². The summed E-state index contributed by atoms with van der Waals surface area (Å²) in [6.07, 6.45) is 2.70. The predicted octanol–water partition coefficient (Wildman–Crippen LogP) is 2.80. The van der Waals surface area contributed by atoms with Crippen molar-refractivity contribution in [1.82, 2.24) is 10.2 Å². The van der Waals surface area contributed by atoms with E-state index in [1.54, 1.807) is 0 Å².